The molecule has 3 aromatic rings. The van der Waals surface area contributed by atoms with Crippen LogP contribution in [0.15, 0.2) is 41.9 Å². The van der Waals surface area contributed by atoms with Crippen molar-refractivity contribution in [3.8, 4) is 11.5 Å². The van der Waals surface area contributed by atoms with E-state index in [-0.39, 0.29) is 11.5 Å². The molecule has 25 heavy (non-hydrogen) atoms. The van der Waals surface area contributed by atoms with E-state index in [0.717, 1.165) is 0 Å². The second-order valence-electron chi connectivity index (χ2n) is 4.98. The quantitative estimate of drug-likeness (QED) is 0.464. The number of benzene rings is 1. The Balaban J connectivity index is 1.77. The van der Waals surface area contributed by atoms with Gasteiger partial charge in [0.2, 0.25) is 0 Å². The van der Waals surface area contributed by atoms with Crippen molar-refractivity contribution in [1.82, 2.24) is 24.7 Å². The van der Waals surface area contributed by atoms with Crippen LogP contribution in [0.25, 0.3) is 11.5 Å². The molecule has 1 aromatic carbocycles. The fourth-order valence-corrected chi connectivity index (χ4v) is 3.61. The van der Waals surface area contributed by atoms with Gasteiger partial charge in [-0.1, -0.05) is 35.0 Å². The Hall–Kier alpha value is -1.96. The molecule has 0 radical (unpaired) electrons. The van der Waals surface area contributed by atoms with Crippen molar-refractivity contribution in [2.75, 3.05) is 5.75 Å². The molecule has 0 atom stereocenters. The number of nitrogens with zero attached hydrogens (tertiary/aromatic N) is 5. The molecule has 0 aliphatic rings. The van der Waals surface area contributed by atoms with Crippen LogP contribution in [0, 0.1) is 0 Å². The third-order valence-corrected chi connectivity index (χ3v) is 4.90. The van der Waals surface area contributed by atoms with Crippen LogP contribution in [0.5, 0.6) is 0 Å². The van der Waals surface area contributed by atoms with E-state index in [2.05, 4.69) is 20.2 Å². The summed E-state index contributed by atoms with van der Waals surface area (Å²) in [5.74, 6) is 0.716. The lowest BCUT2D eigenvalue weighted by Gasteiger charge is -2.07. The first-order valence-corrected chi connectivity index (χ1v) is 9.15. The third kappa shape index (κ3) is 4.00. The van der Waals surface area contributed by atoms with Crippen molar-refractivity contribution in [1.29, 1.82) is 0 Å². The van der Waals surface area contributed by atoms with Crippen molar-refractivity contribution in [3.05, 3.63) is 52.4 Å². The van der Waals surface area contributed by atoms with Crippen LogP contribution in [-0.2, 0) is 6.54 Å². The van der Waals surface area contributed by atoms with Crippen LogP contribution in [0.2, 0.25) is 10.0 Å². The van der Waals surface area contributed by atoms with E-state index in [4.69, 9.17) is 23.2 Å². The zero-order valence-corrected chi connectivity index (χ0v) is 15.5. The molecule has 0 bridgehead atoms. The van der Waals surface area contributed by atoms with Gasteiger partial charge < -0.3 is 4.57 Å². The van der Waals surface area contributed by atoms with E-state index in [1.54, 1.807) is 36.8 Å². The van der Waals surface area contributed by atoms with Crippen LogP contribution in [-0.4, -0.2) is 36.3 Å². The zero-order chi connectivity index (χ0) is 17.8. The maximum Gasteiger partial charge on any atom is 0.191 e. The first-order chi connectivity index (χ1) is 12.1. The van der Waals surface area contributed by atoms with Gasteiger partial charge in [-0.15, -0.1) is 10.2 Å². The van der Waals surface area contributed by atoms with Gasteiger partial charge in [-0.25, -0.2) is 4.98 Å². The van der Waals surface area contributed by atoms with Gasteiger partial charge in [0.15, 0.2) is 16.8 Å². The molecule has 2 aromatic heterocycles. The Morgan fingerprint density at radius 3 is 2.76 bits per heavy atom. The Morgan fingerprint density at radius 2 is 2.08 bits per heavy atom. The van der Waals surface area contributed by atoms with Crippen LogP contribution in [0.1, 0.15) is 17.3 Å². The Bertz CT molecular complexity index is 901. The van der Waals surface area contributed by atoms with Gasteiger partial charge in [0.1, 0.15) is 5.69 Å². The van der Waals surface area contributed by atoms with Crippen molar-refractivity contribution >= 4 is 40.7 Å². The molecule has 2 heterocycles. The van der Waals surface area contributed by atoms with Gasteiger partial charge in [0.05, 0.1) is 17.0 Å². The minimum Gasteiger partial charge on any atom is -0.301 e. The summed E-state index contributed by atoms with van der Waals surface area (Å²) < 4.78 is 1.89. The highest BCUT2D eigenvalue weighted by molar-refractivity contribution is 7.99. The lowest BCUT2D eigenvalue weighted by molar-refractivity contribution is 0.102. The summed E-state index contributed by atoms with van der Waals surface area (Å²) in [6.07, 6.45) is 4.83. The molecule has 3 rings (SSSR count). The first kappa shape index (κ1) is 17.8. The largest absolute Gasteiger partial charge is 0.301 e. The van der Waals surface area contributed by atoms with Gasteiger partial charge in [-0.3, -0.25) is 9.78 Å². The monoisotopic (exact) mass is 393 g/mol. The smallest absolute Gasteiger partial charge is 0.191 e. The maximum absolute atomic E-state index is 12.4. The number of hydrogen-bond acceptors (Lipinski definition) is 6. The molecule has 0 spiro atoms. The standard InChI is InChI=1S/C16H13Cl2N5OS/c1-2-23-15(13-8-19-5-6-20-13)21-22-16(23)25-9-14(24)11-4-3-10(17)7-12(11)18/h3-8H,2,9H2,1H3. The summed E-state index contributed by atoms with van der Waals surface area (Å²) in [6.45, 7) is 2.63. The summed E-state index contributed by atoms with van der Waals surface area (Å²) >= 11 is 13.3. The summed E-state index contributed by atoms with van der Waals surface area (Å²) in [5.41, 5.74) is 1.08. The number of Topliss-reactive ketones (excluding diaryl/α,β-unsaturated/α-hetero) is 1. The number of carbonyl (C=O) groups excluding carboxylic acids is 1. The van der Waals surface area contributed by atoms with Gasteiger partial charge in [0, 0.05) is 29.5 Å². The lowest BCUT2D eigenvalue weighted by atomic mass is 10.1. The molecule has 0 amide bonds. The number of carbonyl (C=O) groups is 1. The van der Waals surface area contributed by atoms with E-state index in [1.807, 2.05) is 11.5 Å². The highest BCUT2D eigenvalue weighted by atomic mass is 35.5. The number of hydrogen-bond donors (Lipinski definition) is 0. The molecular weight excluding hydrogens is 381 g/mol. The van der Waals surface area contributed by atoms with E-state index >= 15 is 0 Å². The fourth-order valence-electron chi connectivity index (χ4n) is 2.21. The molecule has 0 unspecified atom stereocenters. The van der Waals surface area contributed by atoms with E-state index in [0.29, 0.717) is 38.8 Å². The van der Waals surface area contributed by atoms with Gasteiger partial charge >= 0.3 is 0 Å². The lowest BCUT2D eigenvalue weighted by Crippen LogP contribution is -2.06. The minimum absolute atomic E-state index is 0.0987. The molecule has 0 aliphatic heterocycles. The Morgan fingerprint density at radius 1 is 1.24 bits per heavy atom. The molecule has 128 valence electrons. The second kappa shape index (κ2) is 7.95. The SMILES string of the molecule is CCn1c(SCC(=O)c2ccc(Cl)cc2Cl)nnc1-c1cnccn1. The maximum atomic E-state index is 12.4. The summed E-state index contributed by atoms with van der Waals surface area (Å²) in [5, 5.41) is 9.82. The van der Waals surface area contributed by atoms with Crippen molar-refractivity contribution in [3.63, 3.8) is 0 Å². The van der Waals surface area contributed by atoms with Crippen molar-refractivity contribution in [2.45, 2.75) is 18.6 Å². The highest BCUT2D eigenvalue weighted by Crippen LogP contribution is 2.26. The van der Waals surface area contributed by atoms with Crippen LogP contribution in [0.3, 0.4) is 0 Å². The molecule has 0 aliphatic carbocycles. The topological polar surface area (TPSA) is 73.6 Å². The number of aromatic nitrogens is 5. The average Bonchev–Trinajstić information content (AvgIpc) is 3.03. The van der Waals surface area contributed by atoms with Crippen LogP contribution >= 0.6 is 35.0 Å². The fraction of sp³-hybridized carbons (Fsp3) is 0.188. The predicted molar refractivity (Wildman–Crippen MR) is 98.2 cm³/mol. The number of ketones is 1. The van der Waals surface area contributed by atoms with Crippen LogP contribution in [0.4, 0.5) is 0 Å². The van der Waals surface area contributed by atoms with Gasteiger partial charge in [-0.2, -0.15) is 0 Å². The Labute approximate surface area is 158 Å². The zero-order valence-electron chi connectivity index (χ0n) is 13.2. The van der Waals surface area contributed by atoms with Gasteiger partial charge in [-0.05, 0) is 25.1 Å². The Kier molecular flexibility index (Phi) is 5.67. The summed E-state index contributed by atoms with van der Waals surface area (Å²) in [4.78, 5) is 20.7. The van der Waals surface area contributed by atoms with Crippen molar-refractivity contribution < 1.29 is 4.79 Å². The summed E-state index contributed by atoms with van der Waals surface area (Å²) in [6, 6.07) is 4.83. The third-order valence-electron chi connectivity index (χ3n) is 3.39. The highest BCUT2D eigenvalue weighted by Gasteiger charge is 2.17. The minimum atomic E-state index is -0.0987. The first-order valence-electron chi connectivity index (χ1n) is 7.40. The van der Waals surface area contributed by atoms with Crippen LogP contribution < -0.4 is 0 Å². The average molecular weight is 394 g/mol. The molecular formula is C16H13Cl2N5OS. The predicted octanol–water partition coefficient (Wildman–Crippen LogP) is 4.04. The van der Waals surface area contributed by atoms with Crippen molar-refractivity contribution in [2.24, 2.45) is 0 Å². The van der Waals surface area contributed by atoms with E-state index < -0.39 is 0 Å². The molecule has 0 saturated heterocycles. The van der Waals surface area contributed by atoms with E-state index in [1.165, 1.54) is 11.8 Å². The number of rotatable bonds is 6. The number of halogens is 2. The molecule has 0 fully saturated rings. The summed E-state index contributed by atoms with van der Waals surface area (Å²) in [7, 11) is 0. The second-order valence-corrected chi connectivity index (χ2v) is 6.76. The molecule has 6 nitrogen and oxygen atoms in total. The normalized spacial score (nSPS) is 10.8. The van der Waals surface area contributed by atoms with Gasteiger partial charge in [0.25, 0.3) is 0 Å². The van der Waals surface area contributed by atoms with E-state index in [9.17, 15) is 4.79 Å². The number of thioether (sulfide) groups is 1. The molecule has 0 saturated carbocycles. The molecule has 0 N–H and O–H groups in total. The molecule has 9 heteroatoms.